The highest BCUT2D eigenvalue weighted by atomic mass is 32.1. The summed E-state index contributed by atoms with van der Waals surface area (Å²) in [6.45, 7) is 5.44. The van der Waals surface area contributed by atoms with Crippen LogP contribution in [0.1, 0.15) is 43.3 Å². The van der Waals surface area contributed by atoms with Gasteiger partial charge in [-0.2, -0.15) is 5.01 Å². The van der Waals surface area contributed by atoms with Crippen molar-refractivity contribution >= 4 is 23.5 Å². The second-order valence-electron chi connectivity index (χ2n) is 9.42. The molecule has 10 heteroatoms. The number of hydrogen-bond donors (Lipinski definition) is 2. The molecular weight excluding hydrogens is 492 g/mol. The van der Waals surface area contributed by atoms with Gasteiger partial charge in [0.2, 0.25) is 0 Å². The number of aliphatic hydroxyl groups excluding tert-OH is 1. The number of ether oxygens (including phenoxy) is 2. The number of benzene rings is 2. The summed E-state index contributed by atoms with van der Waals surface area (Å²) < 4.78 is 10.9. The minimum Gasteiger partial charge on any atom is -0.443 e. The third-order valence-electron chi connectivity index (χ3n) is 5.09. The van der Waals surface area contributed by atoms with Crippen LogP contribution in [-0.2, 0) is 29.0 Å². The van der Waals surface area contributed by atoms with E-state index in [-0.39, 0.29) is 19.7 Å². The molecule has 0 aliphatic rings. The number of rotatable bonds is 10. The van der Waals surface area contributed by atoms with Crippen LogP contribution in [0.2, 0.25) is 0 Å². The number of aromatic nitrogens is 1. The summed E-state index contributed by atoms with van der Waals surface area (Å²) in [5.74, 6) is 0. The first-order chi connectivity index (χ1) is 17.7. The first kappa shape index (κ1) is 28.1. The Morgan fingerprint density at radius 2 is 1.70 bits per heavy atom. The summed E-state index contributed by atoms with van der Waals surface area (Å²) >= 11 is 1.40. The lowest BCUT2D eigenvalue weighted by Crippen LogP contribution is -2.58. The van der Waals surface area contributed by atoms with Gasteiger partial charge >= 0.3 is 12.2 Å². The molecule has 1 atom stereocenters. The molecule has 0 bridgehead atoms. The number of hydrogen-bond acceptors (Lipinski definition) is 8. The first-order valence-corrected chi connectivity index (χ1v) is 12.9. The lowest BCUT2D eigenvalue weighted by atomic mass is 10.1. The van der Waals surface area contributed by atoms with Crippen LogP contribution < -0.4 is 5.43 Å². The van der Waals surface area contributed by atoms with Gasteiger partial charge in [0.15, 0.2) is 0 Å². The van der Waals surface area contributed by atoms with E-state index in [0.717, 1.165) is 16.2 Å². The van der Waals surface area contributed by atoms with Gasteiger partial charge in [-0.05, 0) is 44.7 Å². The molecule has 3 aromatic rings. The monoisotopic (exact) mass is 526 g/mol. The molecule has 2 aromatic carbocycles. The number of carbonyl (C=O) groups excluding carboxylic acids is 2. The van der Waals surface area contributed by atoms with Gasteiger partial charge in [-0.25, -0.2) is 20.0 Å². The zero-order chi connectivity index (χ0) is 26.7. The predicted octanol–water partition coefficient (Wildman–Crippen LogP) is 4.93. The van der Waals surface area contributed by atoms with Crippen molar-refractivity contribution in [2.24, 2.45) is 0 Å². The average molecular weight is 527 g/mol. The molecule has 0 radical (unpaired) electrons. The molecular formula is C27H34N4O5S. The lowest BCUT2D eigenvalue weighted by molar-refractivity contribution is -0.0957. The molecule has 0 unspecified atom stereocenters. The van der Waals surface area contributed by atoms with Gasteiger partial charge in [-0.3, -0.25) is 0 Å². The van der Waals surface area contributed by atoms with Crippen LogP contribution in [0.4, 0.5) is 9.59 Å². The summed E-state index contributed by atoms with van der Waals surface area (Å²) in [5.41, 5.74) is 3.57. The van der Waals surface area contributed by atoms with Crippen molar-refractivity contribution in [2.75, 3.05) is 6.54 Å². The Morgan fingerprint density at radius 1 is 1.05 bits per heavy atom. The van der Waals surface area contributed by atoms with Gasteiger partial charge < -0.3 is 14.6 Å². The minimum atomic E-state index is -0.836. The summed E-state index contributed by atoms with van der Waals surface area (Å²) in [7, 11) is 0. The van der Waals surface area contributed by atoms with Crippen molar-refractivity contribution < 1.29 is 24.2 Å². The van der Waals surface area contributed by atoms with E-state index in [1.807, 2.05) is 66.0 Å². The second kappa shape index (κ2) is 13.7. The number of hydrazine groups is 2. The van der Waals surface area contributed by atoms with Crippen molar-refractivity contribution in [2.45, 2.75) is 58.5 Å². The number of amides is 2. The number of nitrogens with zero attached hydrogens (tertiary/aromatic N) is 3. The van der Waals surface area contributed by atoms with Crippen LogP contribution in [0.3, 0.4) is 0 Å². The number of aryl methyl sites for hydroxylation is 1. The SMILES string of the molecule is CC(C)(C)OC(=O)N(NC(=O)OCc1ccccc1)N(Cc1nccs1)C[C@@H](O)CCc1ccccc1. The molecule has 0 aliphatic carbocycles. The molecule has 2 N–H and O–H groups in total. The molecule has 3 rings (SSSR count). The maximum atomic E-state index is 13.2. The molecule has 198 valence electrons. The van der Waals surface area contributed by atoms with Gasteiger partial charge in [0.25, 0.3) is 0 Å². The molecule has 0 aliphatic heterocycles. The Balaban J connectivity index is 1.75. The van der Waals surface area contributed by atoms with E-state index in [9.17, 15) is 14.7 Å². The number of aliphatic hydroxyl groups is 1. The molecule has 2 amide bonds. The molecule has 1 heterocycles. The van der Waals surface area contributed by atoms with E-state index in [1.165, 1.54) is 16.3 Å². The molecule has 0 fully saturated rings. The van der Waals surface area contributed by atoms with Crippen molar-refractivity contribution in [1.82, 2.24) is 20.5 Å². The smallest absolute Gasteiger partial charge is 0.443 e. The highest BCUT2D eigenvalue weighted by Gasteiger charge is 2.31. The van der Waals surface area contributed by atoms with E-state index < -0.39 is 23.9 Å². The summed E-state index contributed by atoms with van der Waals surface area (Å²) in [6, 6.07) is 19.1. The van der Waals surface area contributed by atoms with E-state index in [2.05, 4.69) is 10.4 Å². The van der Waals surface area contributed by atoms with Crippen LogP contribution in [0.25, 0.3) is 0 Å². The fourth-order valence-corrected chi connectivity index (χ4v) is 4.02. The fourth-order valence-electron chi connectivity index (χ4n) is 3.40. The predicted molar refractivity (Wildman–Crippen MR) is 141 cm³/mol. The van der Waals surface area contributed by atoms with Gasteiger partial charge in [0.1, 0.15) is 17.2 Å². The van der Waals surface area contributed by atoms with E-state index in [4.69, 9.17) is 9.47 Å². The quantitative estimate of drug-likeness (QED) is 0.361. The second-order valence-corrected chi connectivity index (χ2v) is 10.4. The summed E-state index contributed by atoms with van der Waals surface area (Å²) in [5, 5.41) is 15.9. The Bertz CT molecular complexity index is 1090. The first-order valence-electron chi connectivity index (χ1n) is 12.1. The van der Waals surface area contributed by atoms with Crippen molar-refractivity contribution in [3.05, 3.63) is 88.4 Å². The maximum Gasteiger partial charge on any atom is 0.444 e. The van der Waals surface area contributed by atoms with Crippen LogP contribution >= 0.6 is 11.3 Å². The zero-order valence-electron chi connectivity index (χ0n) is 21.4. The van der Waals surface area contributed by atoms with Gasteiger partial charge in [-0.1, -0.05) is 60.7 Å². The van der Waals surface area contributed by atoms with Crippen LogP contribution in [0, 0.1) is 0 Å². The summed E-state index contributed by atoms with van der Waals surface area (Å²) in [6.07, 6.45) is 0.329. The highest BCUT2D eigenvalue weighted by molar-refractivity contribution is 7.09. The van der Waals surface area contributed by atoms with Gasteiger partial charge in [0, 0.05) is 18.1 Å². The lowest BCUT2D eigenvalue weighted by Gasteiger charge is -2.35. The third-order valence-corrected chi connectivity index (χ3v) is 5.86. The molecule has 37 heavy (non-hydrogen) atoms. The zero-order valence-corrected chi connectivity index (χ0v) is 22.2. The van der Waals surface area contributed by atoms with Gasteiger partial charge in [0.05, 0.1) is 12.6 Å². The molecule has 0 saturated carbocycles. The molecule has 9 nitrogen and oxygen atoms in total. The summed E-state index contributed by atoms with van der Waals surface area (Å²) in [4.78, 5) is 30.2. The number of nitrogens with one attached hydrogen (secondary N) is 1. The largest absolute Gasteiger partial charge is 0.444 e. The molecule has 1 aromatic heterocycles. The van der Waals surface area contributed by atoms with Crippen LogP contribution in [-0.4, -0.2) is 50.7 Å². The molecule has 0 spiro atoms. The van der Waals surface area contributed by atoms with Crippen LogP contribution in [0.5, 0.6) is 0 Å². The number of carbonyl (C=O) groups is 2. The Hall–Kier alpha value is -3.47. The van der Waals surface area contributed by atoms with E-state index in [1.54, 1.807) is 27.0 Å². The Kier molecular flexibility index (Phi) is 10.4. The van der Waals surface area contributed by atoms with Crippen molar-refractivity contribution in [3.63, 3.8) is 0 Å². The average Bonchev–Trinajstić information content (AvgIpc) is 3.38. The fraction of sp³-hybridized carbons (Fsp3) is 0.370. The topological polar surface area (TPSA) is 104 Å². The maximum absolute atomic E-state index is 13.2. The third kappa shape index (κ3) is 10.2. The normalized spacial score (nSPS) is 12.1. The van der Waals surface area contributed by atoms with Crippen molar-refractivity contribution in [3.8, 4) is 0 Å². The standard InChI is InChI=1S/C27H34N4O5S/c1-27(2,3)36-26(34)31(29-25(33)35-20-22-12-8-5-9-13-22)30(19-24-28-16-17-37-24)18-23(32)15-14-21-10-6-4-7-11-21/h4-13,16-17,23,32H,14-15,18-20H2,1-3H3,(H,29,33)/t23-/m0/s1. The van der Waals surface area contributed by atoms with Crippen LogP contribution in [0.15, 0.2) is 72.2 Å². The van der Waals surface area contributed by atoms with Gasteiger partial charge in [-0.15, -0.1) is 16.5 Å². The Labute approximate surface area is 221 Å². The van der Waals surface area contributed by atoms with E-state index in [0.29, 0.717) is 17.8 Å². The highest BCUT2D eigenvalue weighted by Crippen LogP contribution is 2.16. The van der Waals surface area contributed by atoms with E-state index >= 15 is 0 Å². The van der Waals surface area contributed by atoms with Crippen molar-refractivity contribution in [1.29, 1.82) is 0 Å². The Morgan fingerprint density at radius 3 is 2.30 bits per heavy atom. The number of thiazole rings is 1. The minimum absolute atomic E-state index is 0.0288. The molecule has 0 saturated heterocycles.